The Morgan fingerprint density at radius 2 is 2.00 bits per heavy atom. The zero-order valence-corrected chi connectivity index (χ0v) is 15.7. The van der Waals surface area contributed by atoms with Gasteiger partial charge in [0.25, 0.3) is 0 Å². The highest BCUT2D eigenvalue weighted by molar-refractivity contribution is 5.71. The minimum Gasteiger partial charge on any atom is -1.00 e. The lowest BCUT2D eigenvalue weighted by molar-refractivity contribution is -0.877. The number of fused-ring (bicyclic) bond motifs is 2. The van der Waals surface area contributed by atoms with E-state index in [9.17, 15) is 4.79 Å². The molecule has 0 amide bonds. The number of esters is 1. The smallest absolute Gasteiger partial charge is 0.362 e. The van der Waals surface area contributed by atoms with Gasteiger partial charge in [0, 0.05) is 5.41 Å². The molecule has 3 atom stereocenters. The number of ether oxygens (including phenoxy) is 1. The monoisotopic (exact) mass is 359 g/mol. The molecule has 0 aromatic heterocycles. The Morgan fingerprint density at radius 3 is 2.43 bits per heavy atom. The largest absolute Gasteiger partial charge is 1.00 e. The molecule has 3 nitrogen and oxygen atoms in total. The highest BCUT2D eigenvalue weighted by Crippen LogP contribution is 2.66. The van der Waals surface area contributed by atoms with Gasteiger partial charge in [-0.2, -0.15) is 0 Å². The molecule has 0 spiro atoms. The van der Waals surface area contributed by atoms with Crippen LogP contribution in [0.2, 0.25) is 0 Å². The fraction of sp³-hybridized carbons (Fsp3) is 0.824. The number of carbonyl (C=O) groups excluding carboxylic acids is 1. The number of rotatable bonds is 5. The number of quaternary nitrogens is 1. The zero-order chi connectivity index (χ0) is 15.2. The van der Waals surface area contributed by atoms with Crippen LogP contribution < -0.4 is 17.0 Å². The molecule has 122 valence electrons. The van der Waals surface area contributed by atoms with E-state index in [0.29, 0.717) is 22.4 Å². The molecular formula is C17H30BrNO2. The molecule has 2 saturated carbocycles. The number of hydrogen-bond donors (Lipinski definition) is 0. The Bertz CT molecular complexity index is 419. The average molecular weight is 360 g/mol. The summed E-state index contributed by atoms with van der Waals surface area (Å²) in [4.78, 5) is 12.2. The van der Waals surface area contributed by atoms with E-state index in [1.54, 1.807) is 0 Å². The molecule has 0 aliphatic heterocycles. The summed E-state index contributed by atoms with van der Waals surface area (Å²) < 4.78 is 6.49. The van der Waals surface area contributed by atoms with Crippen LogP contribution in [0, 0.1) is 16.7 Å². The van der Waals surface area contributed by atoms with Crippen molar-refractivity contribution in [1.29, 1.82) is 0 Å². The average Bonchev–Trinajstić information content (AvgIpc) is 2.60. The van der Waals surface area contributed by atoms with Crippen molar-refractivity contribution in [3.05, 3.63) is 12.7 Å². The lowest BCUT2D eigenvalue weighted by Crippen LogP contribution is -3.00. The SMILES string of the molecule is C=CC[N+](C)(C)CC(=O)OC1CC2CCC1(C)C2(C)C.[Br-]. The standard InChI is InChI=1S/C17H30NO2.BrH/c1-7-10-18(5,6)12-15(19)20-14-11-13-8-9-17(14,4)16(13,2)3;/h7,13-14H,1,8-12H2,2-6H3;1H/q+1;/p-1. The third-order valence-corrected chi connectivity index (χ3v) is 6.17. The molecule has 0 aromatic rings. The Balaban J connectivity index is 0.00000220. The normalized spacial score (nSPS) is 33.4. The molecule has 0 N–H and O–H groups in total. The molecule has 2 aliphatic carbocycles. The van der Waals surface area contributed by atoms with E-state index in [0.717, 1.165) is 13.0 Å². The maximum atomic E-state index is 12.2. The first kappa shape index (κ1) is 18.7. The maximum Gasteiger partial charge on any atom is 0.362 e. The second kappa shape index (κ2) is 6.04. The summed E-state index contributed by atoms with van der Waals surface area (Å²) in [7, 11) is 4.07. The third kappa shape index (κ3) is 3.21. The van der Waals surface area contributed by atoms with Crippen LogP contribution in [0.3, 0.4) is 0 Å². The summed E-state index contributed by atoms with van der Waals surface area (Å²) >= 11 is 0. The van der Waals surface area contributed by atoms with Gasteiger partial charge in [-0.1, -0.05) is 27.4 Å². The highest BCUT2D eigenvalue weighted by atomic mass is 79.9. The Kier molecular flexibility index (Phi) is 5.37. The van der Waals surface area contributed by atoms with Gasteiger partial charge in [-0.05, 0) is 36.7 Å². The van der Waals surface area contributed by atoms with Crippen LogP contribution >= 0.6 is 0 Å². The van der Waals surface area contributed by atoms with Gasteiger partial charge in [-0.15, -0.1) is 0 Å². The van der Waals surface area contributed by atoms with Crippen molar-refractivity contribution < 1.29 is 31.0 Å². The summed E-state index contributed by atoms with van der Waals surface area (Å²) in [5.74, 6) is 0.646. The summed E-state index contributed by atoms with van der Waals surface area (Å²) in [6, 6.07) is 0. The van der Waals surface area contributed by atoms with Crippen molar-refractivity contribution in [1.82, 2.24) is 0 Å². The van der Waals surface area contributed by atoms with Crippen molar-refractivity contribution in [3.8, 4) is 0 Å². The van der Waals surface area contributed by atoms with E-state index >= 15 is 0 Å². The molecule has 0 saturated heterocycles. The van der Waals surface area contributed by atoms with Crippen LogP contribution in [0.25, 0.3) is 0 Å². The third-order valence-electron chi connectivity index (χ3n) is 6.17. The minimum absolute atomic E-state index is 0. The van der Waals surface area contributed by atoms with E-state index in [1.165, 1.54) is 12.8 Å². The number of likely N-dealkylation sites (N-methyl/N-ethyl adjacent to an activating group) is 1. The Labute approximate surface area is 140 Å². The number of nitrogens with zero attached hydrogens (tertiary/aromatic N) is 1. The quantitative estimate of drug-likeness (QED) is 0.392. The molecule has 2 fully saturated rings. The molecule has 2 aliphatic rings. The summed E-state index contributed by atoms with van der Waals surface area (Å²) in [6.45, 7) is 11.9. The first-order chi connectivity index (χ1) is 9.12. The first-order valence-corrected chi connectivity index (χ1v) is 7.75. The van der Waals surface area contributed by atoms with Crippen molar-refractivity contribution in [2.24, 2.45) is 16.7 Å². The highest BCUT2D eigenvalue weighted by Gasteiger charge is 2.62. The first-order valence-electron chi connectivity index (χ1n) is 7.75. The maximum absolute atomic E-state index is 12.2. The second-order valence-corrected chi connectivity index (χ2v) is 8.15. The summed E-state index contributed by atoms with van der Waals surface area (Å²) in [5.41, 5.74) is 0.451. The topological polar surface area (TPSA) is 26.3 Å². The molecule has 0 heterocycles. The van der Waals surface area contributed by atoms with Crippen molar-refractivity contribution in [3.63, 3.8) is 0 Å². The molecular weight excluding hydrogens is 330 g/mol. The van der Waals surface area contributed by atoms with Crippen LogP contribution in [0.5, 0.6) is 0 Å². The lowest BCUT2D eigenvalue weighted by Gasteiger charge is -2.38. The van der Waals surface area contributed by atoms with Crippen LogP contribution in [-0.2, 0) is 9.53 Å². The van der Waals surface area contributed by atoms with Crippen LogP contribution in [-0.4, -0.2) is 43.7 Å². The van der Waals surface area contributed by atoms with Gasteiger partial charge >= 0.3 is 5.97 Å². The van der Waals surface area contributed by atoms with Gasteiger partial charge in [0.15, 0.2) is 6.54 Å². The fourth-order valence-electron chi connectivity index (χ4n) is 4.27. The van der Waals surface area contributed by atoms with Crippen molar-refractivity contribution in [2.45, 2.75) is 46.1 Å². The van der Waals surface area contributed by atoms with E-state index in [4.69, 9.17) is 4.74 Å². The molecule has 0 radical (unpaired) electrons. The summed E-state index contributed by atoms with van der Waals surface area (Å²) in [6.07, 6.45) is 5.48. The fourth-order valence-corrected chi connectivity index (χ4v) is 4.27. The second-order valence-electron chi connectivity index (χ2n) is 8.15. The van der Waals surface area contributed by atoms with Gasteiger partial charge in [0.1, 0.15) is 6.10 Å². The Morgan fingerprint density at radius 1 is 1.38 bits per heavy atom. The predicted octanol–water partition coefficient (Wildman–Crippen LogP) is 0.0108. The number of halogens is 1. The zero-order valence-electron chi connectivity index (χ0n) is 14.1. The minimum atomic E-state index is -0.0635. The van der Waals surface area contributed by atoms with Crippen LogP contribution in [0.15, 0.2) is 12.7 Å². The number of carbonyl (C=O) groups is 1. The van der Waals surface area contributed by atoms with E-state index < -0.39 is 0 Å². The van der Waals surface area contributed by atoms with Crippen molar-refractivity contribution in [2.75, 3.05) is 27.2 Å². The molecule has 21 heavy (non-hydrogen) atoms. The van der Waals surface area contributed by atoms with E-state index in [1.807, 2.05) is 20.2 Å². The van der Waals surface area contributed by atoms with Gasteiger partial charge < -0.3 is 26.2 Å². The van der Waals surface area contributed by atoms with Crippen LogP contribution in [0.4, 0.5) is 0 Å². The predicted molar refractivity (Wildman–Crippen MR) is 81.1 cm³/mol. The molecule has 3 unspecified atom stereocenters. The van der Waals surface area contributed by atoms with Crippen LogP contribution in [0.1, 0.15) is 40.0 Å². The molecule has 2 bridgehead atoms. The van der Waals surface area contributed by atoms with Gasteiger partial charge in [-0.25, -0.2) is 4.79 Å². The molecule has 0 aromatic carbocycles. The number of hydrogen-bond acceptors (Lipinski definition) is 2. The summed E-state index contributed by atoms with van der Waals surface area (Å²) in [5, 5.41) is 0. The molecule has 2 rings (SSSR count). The molecule has 4 heteroatoms. The van der Waals surface area contributed by atoms with E-state index in [-0.39, 0.29) is 34.5 Å². The van der Waals surface area contributed by atoms with Gasteiger partial charge in [0.05, 0.1) is 20.6 Å². The lowest BCUT2D eigenvalue weighted by atomic mass is 9.70. The van der Waals surface area contributed by atoms with E-state index in [2.05, 4.69) is 27.4 Å². The van der Waals surface area contributed by atoms with Gasteiger partial charge in [0.2, 0.25) is 0 Å². The Hall–Kier alpha value is -0.350. The van der Waals surface area contributed by atoms with Crippen molar-refractivity contribution >= 4 is 5.97 Å². The van der Waals surface area contributed by atoms with Gasteiger partial charge in [-0.3, -0.25) is 0 Å².